The fraction of sp³-hybridized carbons (Fsp3) is 0.438. The van der Waals surface area contributed by atoms with E-state index < -0.39 is 0 Å². The van der Waals surface area contributed by atoms with Crippen molar-refractivity contribution < 1.29 is 0 Å². The van der Waals surface area contributed by atoms with Gasteiger partial charge in [-0.2, -0.15) is 0 Å². The molecule has 3 heteroatoms. The minimum absolute atomic E-state index is 0.568. The molecule has 2 atom stereocenters. The minimum atomic E-state index is 0.568. The van der Waals surface area contributed by atoms with Crippen LogP contribution in [-0.2, 0) is 0 Å². The molecule has 1 aliphatic carbocycles. The summed E-state index contributed by atoms with van der Waals surface area (Å²) in [6, 6.07) is 8.64. The van der Waals surface area contributed by atoms with E-state index >= 15 is 0 Å². The van der Waals surface area contributed by atoms with Crippen LogP contribution in [0, 0.1) is 5.92 Å². The van der Waals surface area contributed by atoms with Crippen molar-refractivity contribution >= 4 is 28.2 Å². The number of fused-ring (bicyclic) bond motifs is 1. The molecular weight excluding hydrogens is 256 g/mol. The molecule has 1 N–H and O–H groups in total. The molecule has 0 saturated heterocycles. The van der Waals surface area contributed by atoms with Crippen molar-refractivity contribution in [1.29, 1.82) is 0 Å². The molecular formula is C16H19ClN2. The van der Waals surface area contributed by atoms with Crippen molar-refractivity contribution in [1.82, 2.24) is 4.98 Å². The molecule has 0 bridgehead atoms. The van der Waals surface area contributed by atoms with Crippen LogP contribution in [0.3, 0.4) is 0 Å². The van der Waals surface area contributed by atoms with Gasteiger partial charge in [0.1, 0.15) is 0 Å². The van der Waals surface area contributed by atoms with Crippen molar-refractivity contribution in [3.05, 3.63) is 35.5 Å². The zero-order chi connectivity index (χ0) is 13.2. The summed E-state index contributed by atoms with van der Waals surface area (Å²) < 4.78 is 0. The lowest BCUT2D eigenvalue weighted by Gasteiger charge is -2.30. The Kier molecular flexibility index (Phi) is 3.61. The van der Waals surface area contributed by atoms with E-state index in [2.05, 4.69) is 29.4 Å². The first kappa shape index (κ1) is 12.7. The van der Waals surface area contributed by atoms with Crippen molar-refractivity contribution in [3.63, 3.8) is 0 Å². The van der Waals surface area contributed by atoms with E-state index in [1.165, 1.54) is 25.7 Å². The fourth-order valence-electron chi connectivity index (χ4n) is 2.99. The average Bonchev–Trinajstić information content (AvgIpc) is 2.44. The fourth-order valence-corrected chi connectivity index (χ4v) is 3.21. The topological polar surface area (TPSA) is 24.9 Å². The van der Waals surface area contributed by atoms with Gasteiger partial charge < -0.3 is 5.32 Å². The van der Waals surface area contributed by atoms with E-state index in [0.29, 0.717) is 6.04 Å². The van der Waals surface area contributed by atoms with E-state index in [1.807, 2.05) is 12.1 Å². The van der Waals surface area contributed by atoms with Gasteiger partial charge in [0.25, 0.3) is 0 Å². The molecule has 0 spiro atoms. The number of halogens is 1. The summed E-state index contributed by atoms with van der Waals surface area (Å²) in [6.45, 7) is 2.34. The highest BCUT2D eigenvalue weighted by Crippen LogP contribution is 2.32. The van der Waals surface area contributed by atoms with Gasteiger partial charge in [-0.25, -0.2) is 0 Å². The first-order valence-corrected chi connectivity index (χ1v) is 7.43. The van der Waals surface area contributed by atoms with E-state index in [-0.39, 0.29) is 0 Å². The smallest absolute Gasteiger partial charge is 0.0908 e. The number of benzene rings is 1. The van der Waals surface area contributed by atoms with E-state index in [4.69, 9.17) is 11.6 Å². The van der Waals surface area contributed by atoms with Gasteiger partial charge in [0.05, 0.1) is 10.5 Å². The average molecular weight is 275 g/mol. The molecule has 100 valence electrons. The van der Waals surface area contributed by atoms with Crippen LogP contribution in [0.4, 0.5) is 5.69 Å². The first-order chi connectivity index (χ1) is 9.25. The second kappa shape index (κ2) is 5.38. The van der Waals surface area contributed by atoms with Crippen molar-refractivity contribution in [2.45, 2.75) is 38.6 Å². The molecule has 2 nitrogen and oxygen atoms in total. The van der Waals surface area contributed by atoms with Gasteiger partial charge in [-0.05, 0) is 43.0 Å². The zero-order valence-electron chi connectivity index (χ0n) is 11.2. The maximum Gasteiger partial charge on any atom is 0.0908 e. The van der Waals surface area contributed by atoms with Crippen LogP contribution in [0.5, 0.6) is 0 Å². The Hall–Kier alpha value is -1.28. The molecule has 1 heterocycles. The zero-order valence-corrected chi connectivity index (χ0v) is 12.0. The standard InChI is InChI=1S/C16H19ClN2/c1-11-5-2-3-7-14(11)19-15-9-8-13(17)16-12(15)6-4-10-18-16/h4,6,8-11,14,19H,2-3,5,7H2,1H3. The lowest BCUT2D eigenvalue weighted by molar-refractivity contribution is 0.350. The molecule has 1 aromatic heterocycles. The van der Waals surface area contributed by atoms with Gasteiger partial charge in [-0.3, -0.25) is 4.98 Å². The number of nitrogens with one attached hydrogen (secondary N) is 1. The summed E-state index contributed by atoms with van der Waals surface area (Å²) in [5.74, 6) is 0.733. The number of pyridine rings is 1. The summed E-state index contributed by atoms with van der Waals surface area (Å²) in [4.78, 5) is 4.38. The maximum atomic E-state index is 6.21. The number of hydrogen-bond acceptors (Lipinski definition) is 2. The van der Waals surface area contributed by atoms with Crippen LogP contribution >= 0.6 is 11.6 Å². The second-order valence-corrected chi connectivity index (χ2v) is 5.91. The third kappa shape index (κ3) is 2.55. The molecule has 0 radical (unpaired) electrons. The molecule has 0 aliphatic heterocycles. The van der Waals surface area contributed by atoms with E-state index in [1.54, 1.807) is 6.20 Å². The summed E-state index contributed by atoms with van der Waals surface area (Å²) in [7, 11) is 0. The normalized spacial score (nSPS) is 23.5. The summed E-state index contributed by atoms with van der Waals surface area (Å²) in [5.41, 5.74) is 2.05. The molecule has 3 rings (SSSR count). The summed E-state index contributed by atoms with van der Waals surface area (Å²) >= 11 is 6.21. The molecule has 1 aliphatic rings. The maximum absolute atomic E-state index is 6.21. The SMILES string of the molecule is CC1CCCCC1Nc1ccc(Cl)c2ncccc12. The number of anilines is 1. The Labute approximate surface area is 119 Å². The van der Waals surface area contributed by atoms with Crippen LogP contribution in [0.25, 0.3) is 10.9 Å². The van der Waals surface area contributed by atoms with Gasteiger partial charge in [0, 0.05) is 23.3 Å². The van der Waals surface area contributed by atoms with Crippen LogP contribution in [-0.4, -0.2) is 11.0 Å². The van der Waals surface area contributed by atoms with Gasteiger partial charge >= 0.3 is 0 Å². The van der Waals surface area contributed by atoms with Gasteiger partial charge in [0.2, 0.25) is 0 Å². The largest absolute Gasteiger partial charge is 0.381 e. The third-order valence-electron chi connectivity index (χ3n) is 4.17. The summed E-state index contributed by atoms with van der Waals surface area (Å²) in [5, 5.41) is 5.54. The van der Waals surface area contributed by atoms with Gasteiger partial charge in [0.15, 0.2) is 0 Å². The van der Waals surface area contributed by atoms with Crippen molar-refractivity contribution in [2.24, 2.45) is 5.92 Å². The summed E-state index contributed by atoms with van der Waals surface area (Å²) in [6.07, 6.45) is 7.06. The Bertz CT molecular complexity index is 582. The highest BCUT2D eigenvalue weighted by Gasteiger charge is 2.21. The van der Waals surface area contributed by atoms with Crippen LogP contribution < -0.4 is 5.32 Å². The molecule has 2 aromatic rings. The van der Waals surface area contributed by atoms with Crippen LogP contribution in [0.15, 0.2) is 30.5 Å². The lowest BCUT2D eigenvalue weighted by atomic mass is 9.85. The Morgan fingerprint density at radius 2 is 2.05 bits per heavy atom. The van der Waals surface area contributed by atoms with Crippen LogP contribution in [0.1, 0.15) is 32.6 Å². The second-order valence-electron chi connectivity index (χ2n) is 5.51. The first-order valence-electron chi connectivity index (χ1n) is 7.05. The monoisotopic (exact) mass is 274 g/mol. The third-order valence-corrected chi connectivity index (χ3v) is 4.48. The molecule has 1 fully saturated rings. The Morgan fingerprint density at radius 3 is 2.89 bits per heavy atom. The van der Waals surface area contributed by atoms with Gasteiger partial charge in [-0.15, -0.1) is 0 Å². The lowest BCUT2D eigenvalue weighted by Crippen LogP contribution is -2.30. The molecule has 19 heavy (non-hydrogen) atoms. The van der Waals surface area contributed by atoms with Crippen molar-refractivity contribution in [3.8, 4) is 0 Å². The predicted molar refractivity (Wildman–Crippen MR) is 81.8 cm³/mol. The number of hydrogen-bond donors (Lipinski definition) is 1. The Balaban J connectivity index is 1.94. The number of nitrogens with zero attached hydrogens (tertiary/aromatic N) is 1. The molecule has 2 unspecified atom stereocenters. The van der Waals surface area contributed by atoms with Crippen LogP contribution in [0.2, 0.25) is 5.02 Å². The quantitative estimate of drug-likeness (QED) is 0.844. The van der Waals surface area contributed by atoms with Crippen molar-refractivity contribution in [2.75, 3.05) is 5.32 Å². The predicted octanol–water partition coefficient (Wildman–Crippen LogP) is 4.88. The number of aromatic nitrogens is 1. The molecule has 1 saturated carbocycles. The number of rotatable bonds is 2. The molecule has 0 amide bonds. The minimum Gasteiger partial charge on any atom is -0.381 e. The van der Waals surface area contributed by atoms with E-state index in [0.717, 1.165) is 27.5 Å². The highest BCUT2D eigenvalue weighted by atomic mass is 35.5. The van der Waals surface area contributed by atoms with Gasteiger partial charge in [-0.1, -0.05) is 31.4 Å². The van der Waals surface area contributed by atoms with E-state index in [9.17, 15) is 0 Å². The Morgan fingerprint density at radius 1 is 1.21 bits per heavy atom. The highest BCUT2D eigenvalue weighted by molar-refractivity contribution is 6.35. The molecule has 1 aromatic carbocycles.